The predicted molar refractivity (Wildman–Crippen MR) is 143 cm³/mol. The highest BCUT2D eigenvalue weighted by Crippen LogP contribution is 2.69. The molecule has 2 bridgehead atoms. The highest BCUT2D eigenvalue weighted by molar-refractivity contribution is 6.36. The van der Waals surface area contributed by atoms with Crippen molar-refractivity contribution < 1.29 is 28.8 Å². The number of carbonyl (C=O) groups excluding carboxylic acids is 4. The van der Waals surface area contributed by atoms with Gasteiger partial charge in [0, 0.05) is 17.7 Å². The van der Waals surface area contributed by atoms with Crippen LogP contribution in [0.2, 0.25) is 0 Å². The SMILES string of the molecule is C[C@H](C(=O)OCC(=O)c1ccc([N+](=O)[O-])cc1)N1C(=O)[C@@H]2[C@H](C1=O)C1(Cl)c3ccccc3C2(Cl)c2ccccc21. The Kier molecular flexibility index (Phi) is 5.87. The van der Waals surface area contributed by atoms with E-state index >= 15 is 0 Å². The normalized spacial score (nSPS) is 26.5. The molecule has 202 valence electrons. The Morgan fingerprint density at radius 3 is 1.70 bits per heavy atom. The van der Waals surface area contributed by atoms with Crippen molar-refractivity contribution in [3.63, 3.8) is 0 Å². The van der Waals surface area contributed by atoms with Crippen molar-refractivity contribution in [1.29, 1.82) is 0 Å². The summed E-state index contributed by atoms with van der Waals surface area (Å²) in [4.78, 5) is 61.7. The number of carbonyl (C=O) groups is 4. The third-order valence-electron chi connectivity index (χ3n) is 8.09. The van der Waals surface area contributed by atoms with Crippen LogP contribution in [0, 0.1) is 22.0 Å². The van der Waals surface area contributed by atoms with Crippen molar-refractivity contribution in [1.82, 2.24) is 4.90 Å². The van der Waals surface area contributed by atoms with Gasteiger partial charge in [0.25, 0.3) is 5.69 Å². The van der Waals surface area contributed by atoms with Crippen LogP contribution in [0.15, 0.2) is 72.8 Å². The largest absolute Gasteiger partial charge is 0.456 e. The number of imide groups is 1. The van der Waals surface area contributed by atoms with Gasteiger partial charge in [-0.05, 0) is 41.3 Å². The number of alkyl halides is 2. The first-order valence-corrected chi connectivity index (χ1v) is 13.2. The zero-order valence-electron chi connectivity index (χ0n) is 20.9. The van der Waals surface area contributed by atoms with E-state index in [1.807, 2.05) is 0 Å². The molecule has 0 spiro atoms. The number of ether oxygens (including phenoxy) is 1. The van der Waals surface area contributed by atoms with Gasteiger partial charge in [-0.1, -0.05) is 48.5 Å². The lowest BCUT2D eigenvalue weighted by Crippen LogP contribution is -2.57. The quantitative estimate of drug-likeness (QED) is 0.107. The molecule has 2 amide bonds. The molecule has 1 saturated heterocycles. The van der Waals surface area contributed by atoms with E-state index in [4.69, 9.17) is 27.9 Å². The summed E-state index contributed by atoms with van der Waals surface area (Å²) >= 11 is 14.7. The first kappa shape index (κ1) is 26.2. The molecule has 0 unspecified atom stereocenters. The van der Waals surface area contributed by atoms with Crippen molar-refractivity contribution in [2.75, 3.05) is 6.61 Å². The molecule has 0 aromatic heterocycles. The topological polar surface area (TPSA) is 124 Å². The number of esters is 1. The van der Waals surface area contributed by atoms with Gasteiger partial charge in [-0.2, -0.15) is 0 Å². The monoisotopic (exact) mass is 578 g/mol. The molecule has 0 radical (unpaired) electrons. The maximum Gasteiger partial charge on any atom is 0.329 e. The summed E-state index contributed by atoms with van der Waals surface area (Å²) in [5.41, 5.74) is 2.46. The van der Waals surface area contributed by atoms with Crippen LogP contribution in [0.25, 0.3) is 0 Å². The number of nitrogens with zero attached hydrogens (tertiary/aromatic N) is 2. The molecule has 1 fully saturated rings. The summed E-state index contributed by atoms with van der Waals surface area (Å²) in [7, 11) is 0. The average Bonchev–Trinajstić information content (AvgIpc) is 3.24. The van der Waals surface area contributed by atoms with Gasteiger partial charge in [0.05, 0.1) is 16.8 Å². The summed E-state index contributed by atoms with van der Waals surface area (Å²) in [5.74, 6) is -5.01. The second-order valence-electron chi connectivity index (χ2n) is 10.0. The van der Waals surface area contributed by atoms with Gasteiger partial charge >= 0.3 is 5.97 Å². The Bertz CT molecular complexity index is 1520. The highest BCUT2D eigenvalue weighted by atomic mass is 35.5. The smallest absolute Gasteiger partial charge is 0.329 e. The van der Waals surface area contributed by atoms with Crippen LogP contribution < -0.4 is 0 Å². The number of ketones is 1. The molecule has 9 nitrogen and oxygen atoms in total. The summed E-state index contributed by atoms with van der Waals surface area (Å²) in [6, 6.07) is 17.8. The lowest BCUT2D eigenvalue weighted by atomic mass is 9.54. The van der Waals surface area contributed by atoms with Crippen LogP contribution in [0.4, 0.5) is 5.69 Å². The zero-order valence-corrected chi connectivity index (χ0v) is 22.4. The lowest BCUT2D eigenvalue weighted by Gasteiger charge is -2.54. The fourth-order valence-electron chi connectivity index (χ4n) is 6.29. The average molecular weight is 579 g/mol. The van der Waals surface area contributed by atoms with Crippen LogP contribution in [0.5, 0.6) is 0 Å². The van der Waals surface area contributed by atoms with Gasteiger partial charge in [-0.25, -0.2) is 4.79 Å². The summed E-state index contributed by atoms with van der Waals surface area (Å²) < 4.78 is 5.17. The number of Topliss-reactive ketones (excluding diaryl/α,β-unsaturated/α-hetero) is 1. The van der Waals surface area contributed by atoms with Crippen molar-refractivity contribution in [3.8, 4) is 0 Å². The van der Waals surface area contributed by atoms with Gasteiger partial charge in [0.15, 0.2) is 12.4 Å². The number of nitro benzene ring substituents is 1. The number of halogens is 2. The van der Waals surface area contributed by atoms with Gasteiger partial charge in [0.1, 0.15) is 15.8 Å². The molecule has 3 atom stereocenters. The second-order valence-corrected chi connectivity index (χ2v) is 11.2. The first-order valence-electron chi connectivity index (χ1n) is 12.4. The molecular weight excluding hydrogens is 559 g/mol. The Balaban J connectivity index is 1.29. The van der Waals surface area contributed by atoms with E-state index in [2.05, 4.69) is 0 Å². The number of hydrogen-bond acceptors (Lipinski definition) is 7. The van der Waals surface area contributed by atoms with Gasteiger partial charge in [-0.3, -0.25) is 29.4 Å². The number of rotatable bonds is 6. The number of amides is 2. The number of benzene rings is 3. The van der Waals surface area contributed by atoms with Crippen molar-refractivity contribution in [3.05, 3.63) is 111 Å². The summed E-state index contributed by atoms with van der Waals surface area (Å²) in [6.07, 6.45) is 0. The molecule has 1 heterocycles. The van der Waals surface area contributed by atoms with E-state index in [0.29, 0.717) is 22.3 Å². The Hall–Kier alpha value is -4.08. The van der Waals surface area contributed by atoms with E-state index in [1.54, 1.807) is 48.5 Å². The zero-order chi connectivity index (χ0) is 28.6. The maximum absolute atomic E-state index is 13.9. The van der Waals surface area contributed by atoms with Gasteiger partial charge in [-0.15, -0.1) is 23.2 Å². The van der Waals surface area contributed by atoms with Crippen molar-refractivity contribution in [2.45, 2.75) is 22.7 Å². The van der Waals surface area contributed by atoms with Crippen LogP contribution in [0.1, 0.15) is 39.5 Å². The van der Waals surface area contributed by atoms with E-state index in [9.17, 15) is 29.3 Å². The van der Waals surface area contributed by atoms with E-state index in [0.717, 1.165) is 17.0 Å². The van der Waals surface area contributed by atoms with E-state index in [1.165, 1.54) is 19.1 Å². The Morgan fingerprint density at radius 1 is 0.875 bits per heavy atom. The van der Waals surface area contributed by atoms with Crippen molar-refractivity contribution in [2.24, 2.45) is 11.8 Å². The standard InChI is InChI=1S/C29H20Cl2N2O7/c1-15(27(37)40-14-22(34)16-10-12-17(13-11-16)33(38)39)32-25(35)23-24(26(32)36)29(31)19-7-3-2-6-18(19)28(23,30)20-8-4-5-9-21(20)29/h2-13,15,23-24H,14H2,1H3/t15-,23-,24+,28?,29?/m1/s1. The predicted octanol–water partition coefficient (Wildman–Crippen LogP) is 4.30. The molecule has 0 saturated carbocycles. The van der Waals surface area contributed by atoms with E-state index < -0.39 is 62.7 Å². The minimum atomic E-state index is -1.38. The Labute approximate surface area is 237 Å². The molecule has 1 aliphatic heterocycles. The lowest BCUT2D eigenvalue weighted by molar-refractivity contribution is -0.384. The van der Waals surface area contributed by atoms with Crippen molar-refractivity contribution >= 4 is 52.5 Å². The molecule has 4 aliphatic rings. The van der Waals surface area contributed by atoms with Crippen LogP contribution in [-0.2, 0) is 28.9 Å². The number of hydrogen-bond donors (Lipinski definition) is 0. The fourth-order valence-corrected chi connectivity index (χ4v) is 7.38. The molecule has 3 aromatic carbocycles. The third-order valence-corrected chi connectivity index (χ3v) is 9.38. The molecular formula is C29H20Cl2N2O7. The van der Waals surface area contributed by atoms with Gasteiger partial charge in [0.2, 0.25) is 11.8 Å². The first-order chi connectivity index (χ1) is 19.0. The molecule has 0 N–H and O–H groups in total. The minimum Gasteiger partial charge on any atom is -0.456 e. The Morgan fingerprint density at radius 2 is 1.30 bits per heavy atom. The molecule has 7 rings (SSSR count). The van der Waals surface area contributed by atoms with Crippen LogP contribution >= 0.6 is 23.2 Å². The molecule has 3 aliphatic carbocycles. The third kappa shape index (κ3) is 3.34. The summed E-state index contributed by atoms with van der Waals surface area (Å²) in [6.45, 7) is 0.662. The number of non-ortho nitro benzene ring substituents is 1. The molecule has 3 aromatic rings. The number of likely N-dealkylation sites (tertiary alicyclic amines) is 1. The fraction of sp³-hybridized carbons (Fsp3) is 0.241. The highest BCUT2D eigenvalue weighted by Gasteiger charge is 2.73. The number of nitro groups is 1. The summed E-state index contributed by atoms with van der Waals surface area (Å²) in [5, 5.41) is 10.8. The van der Waals surface area contributed by atoms with E-state index in [-0.39, 0.29) is 11.3 Å². The van der Waals surface area contributed by atoms with Crippen LogP contribution in [-0.4, -0.2) is 46.0 Å². The van der Waals surface area contributed by atoms with Crippen LogP contribution in [0.3, 0.4) is 0 Å². The molecule has 11 heteroatoms. The molecule has 40 heavy (non-hydrogen) atoms. The second kappa shape index (κ2) is 8.97. The minimum absolute atomic E-state index is 0.102. The van der Waals surface area contributed by atoms with Gasteiger partial charge < -0.3 is 4.74 Å². The maximum atomic E-state index is 13.9.